The van der Waals surface area contributed by atoms with E-state index in [0.717, 1.165) is 38.6 Å². The molecule has 0 aliphatic carbocycles. The minimum absolute atomic E-state index is 0.301. The zero-order valence-electron chi connectivity index (χ0n) is 9.49. The molecule has 1 aliphatic rings. The van der Waals surface area contributed by atoms with Crippen molar-refractivity contribution >= 4 is 5.97 Å². The SMILES string of the molecule is CN1CCC(C)(CN/C=C/C(=O)O)CC1. The molecule has 0 atom stereocenters. The minimum atomic E-state index is -0.906. The van der Waals surface area contributed by atoms with Crippen LogP contribution in [0.5, 0.6) is 0 Å². The van der Waals surface area contributed by atoms with Crippen LogP contribution in [-0.4, -0.2) is 42.7 Å². The van der Waals surface area contributed by atoms with E-state index in [9.17, 15) is 4.79 Å². The lowest BCUT2D eigenvalue weighted by Gasteiger charge is -2.37. The summed E-state index contributed by atoms with van der Waals surface area (Å²) in [7, 11) is 2.14. The Labute approximate surface area is 91.0 Å². The van der Waals surface area contributed by atoms with Crippen molar-refractivity contribution in [3.8, 4) is 0 Å². The van der Waals surface area contributed by atoms with Crippen LogP contribution >= 0.6 is 0 Å². The Morgan fingerprint density at radius 1 is 1.53 bits per heavy atom. The number of likely N-dealkylation sites (tertiary alicyclic amines) is 1. The van der Waals surface area contributed by atoms with Crippen LogP contribution < -0.4 is 5.32 Å². The highest BCUT2D eigenvalue weighted by molar-refractivity contribution is 5.79. The third kappa shape index (κ3) is 4.34. The largest absolute Gasteiger partial charge is 0.478 e. The summed E-state index contributed by atoms with van der Waals surface area (Å²) in [4.78, 5) is 12.6. The van der Waals surface area contributed by atoms with E-state index in [2.05, 4.69) is 24.2 Å². The summed E-state index contributed by atoms with van der Waals surface area (Å²) in [6, 6.07) is 0. The lowest BCUT2D eigenvalue weighted by Crippen LogP contribution is -2.41. The summed E-state index contributed by atoms with van der Waals surface area (Å²) in [6.07, 6.45) is 4.99. The summed E-state index contributed by atoms with van der Waals surface area (Å²) in [5.74, 6) is -0.906. The summed E-state index contributed by atoms with van der Waals surface area (Å²) >= 11 is 0. The van der Waals surface area contributed by atoms with Gasteiger partial charge in [0, 0.05) is 18.8 Å². The van der Waals surface area contributed by atoms with Crippen LogP contribution in [0.2, 0.25) is 0 Å². The van der Waals surface area contributed by atoms with Crippen LogP contribution in [0, 0.1) is 5.41 Å². The van der Waals surface area contributed by atoms with E-state index in [-0.39, 0.29) is 0 Å². The zero-order valence-corrected chi connectivity index (χ0v) is 9.49. The highest BCUT2D eigenvalue weighted by atomic mass is 16.4. The molecule has 1 heterocycles. The molecule has 0 saturated carbocycles. The standard InChI is InChI=1S/C11H20N2O2/c1-11(4-7-13(2)8-5-11)9-12-6-3-10(14)15/h3,6,12H,4-5,7-9H2,1-2H3,(H,14,15)/b6-3+. The molecule has 0 aromatic rings. The molecule has 0 aromatic carbocycles. The molecule has 1 aliphatic heterocycles. The van der Waals surface area contributed by atoms with E-state index >= 15 is 0 Å². The topological polar surface area (TPSA) is 52.6 Å². The zero-order chi connectivity index (χ0) is 11.3. The Kier molecular flexibility index (Phi) is 4.15. The van der Waals surface area contributed by atoms with E-state index in [1.54, 1.807) is 0 Å². The molecule has 15 heavy (non-hydrogen) atoms. The van der Waals surface area contributed by atoms with Gasteiger partial charge in [-0.15, -0.1) is 0 Å². The third-order valence-corrected chi connectivity index (χ3v) is 3.07. The van der Waals surface area contributed by atoms with Crippen molar-refractivity contribution in [3.63, 3.8) is 0 Å². The molecular weight excluding hydrogens is 192 g/mol. The Bertz CT molecular complexity index is 243. The van der Waals surface area contributed by atoms with Gasteiger partial charge in [0.2, 0.25) is 0 Å². The summed E-state index contributed by atoms with van der Waals surface area (Å²) in [5.41, 5.74) is 0.301. The first-order chi connectivity index (χ1) is 7.02. The molecule has 0 unspecified atom stereocenters. The van der Waals surface area contributed by atoms with Gasteiger partial charge in [-0.2, -0.15) is 0 Å². The molecule has 1 rings (SSSR count). The second kappa shape index (κ2) is 5.16. The van der Waals surface area contributed by atoms with Crippen molar-refractivity contribution in [3.05, 3.63) is 12.3 Å². The first-order valence-electron chi connectivity index (χ1n) is 5.33. The number of carboxylic acids is 1. The number of rotatable bonds is 4. The van der Waals surface area contributed by atoms with Crippen molar-refractivity contribution in [2.24, 2.45) is 5.41 Å². The number of hydrogen-bond donors (Lipinski definition) is 2. The molecule has 4 heteroatoms. The predicted molar refractivity (Wildman–Crippen MR) is 59.6 cm³/mol. The molecule has 0 bridgehead atoms. The van der Waals surface area contributed by atoms with Crippen LogP contribution in [0.25, 0.3) is 0 Å². The minimum Gasteiger partial charge on any atom is -0.478 e. The highest BCUT2D eigenvalue weighted by Gasteiger charge is 2.27. The molecule has 2 N–H and O–H groups in total. The summed E-state index contributed by atoms with van der Waals surface area (Å²) in [5, 5.41) is 11.5. The fourth-order valence-electron chi connectivity index (χ4n) is 1.77. The Balaban J connectivity index is 2.28. The number of hydrogen-bond acceptors (Lipinski definition) is 3. The molecule has 0 spiro atoms. The second-order valence-electron chi connectivity index (χ2n) is 4.67. The van der Waals surface area contributed by atoms with Crippen molar-refractivity contribution in [2.45, 2.75) is 19.8 Å². The monoisotopic (exact) mass is 212 g/mol. The third-order valence-electron chi connectivity index (χ3n) is 3.07. The molecule has 0 radical (unpaired) electrons. The Hall–Kier alpha value is -1.03. The van der Waals surface area contributed by atoms with Crippen molar-refractivity contribution in [2.75, 3.05) is 26.7 Å². The molecule has 0 aromatic heterocycles. The van der Waals surface area contributed by atoms with Gasteiger partial charge in [0.15, 0.2) is 0 Å². The predicted octanol–water partition coefficient (Wildman–Crippen LogP) is 0.906. The van der Waals surface area contributed by atoms with Crippen LogP contribution in [-0.2, 0) is 4.79 Å². The number of aliphatic carboxylic acids is 1. The molecule has 0 amide bonds. The van der Waals surface area contributed by atoms with Crippen LogP contribution in [0.4, 0.5) is 0 Å². The highest BCUT2D eigenvalue weighted by Crippen LogP contribution is 2.29. The van der Waals surface area contributed by atoms with Gasteiger partial charge in [-0.05, 0) is 38.4 Å². The van der Waals surface area contributed by atoms with Crippen LogP contribution in [0.1, 0.15) is 19.8 Å². The van der Waals surface area contributed by atoms with Crippen molar-refractivity contribution < 1.29 is 9.90 Å². The van der Waals surface area contributed by atoms with Crippen LogP contribution in [0.15, 0.2) is 12.3 Å². The van der Waals surface area contributed by atoms with E-state index in [1.165, 1.54) is 6.20 Å². The first-order valence-corrected chi connectivity index (χ1v) is 5.33. The molecule has 4 nitrogen and oxygen atoms in total. The van der Waals surface area contributed by atoms with E-state index in [4.69, 9.17) is 5.11 Å². The fourth-order valence-corrected chi connectivity index (χ4v) is 1.77. The molecular formula is C11H20N2O2. The van der Waals surface area contributed by atoms with E-state index < -0.39 is 5.97 Å². The van der Waals surface area contributed by atoms with Gasteiger partial charge in [-0.25, -0.2) is 4.79 Å². The van der Waals surface area contributed by atoms with Crippen molar-refractivity contribution in [1.82, 2.24) is 10.2 Å². The smallest absolute Gasteiger partial charge is 0.329 e. The lowest BCUT2D eigenvalue weighted by molar-refractivity contribution is -0.131. The van der Waals surface area contributed by atoms with E-state index in [1.807, 2.05) is 0 Å². The maximum Gasteiger partial charge on any atom is 0.329 e. The number of carboxylic acid groups (broad SMARTS) is 1. The van der Waals surface area contributed by atoms with Gasteiger partial charge < -0.3 is 15.3 Å². The van der Waals surface area contributed by atoms with Gasteiger partial charge in [0.1, 0.15) is 0 Å². The average molecular weight is 212 g/mol. The summed E-state index contributed by atoms with van der Waals surface area (Å²) in [6.45, 7) is 5.36. The molecule has 1 fully saturated rings. The lowest BCUT2D eigenvalue weighted by atomic mass is 9.80. The summed E-state index contributed by atoms with van der Waals surface area (Å²) < 4.78 is 0. The number of nitrogens with zero attached hydrogens (tertiary/aromatic N) is 1. The average Bonchev–Trinajstić information content (AvgIpc) is 2.18. The van der Waals surface area contributed by atoms with Crippen molar-refractivity contribution in [1.29, 1.82) is 0 Å². The number of nitrogens with one attached hydrogen (secondary N) is 1. The van der Waals surface area contributed by atoms with Gasteiger partial charge in [0.25, 0.3) is 0 Å². The Morgan fingerprint density at radius 3 is 2.67 bits per heavy atom. The molecule has 86 valence electrons. The quantitative estimate of drug-likeness (QED) is 0.680. The number of piperidine rings is 1. The van der Waals surface area contributed by atoms with Gasteiger partial charge >= 0.3 is 5.97 Å². The van der Waals surface area contributed by atoms with Gasteiger partial charge in [-0.1, -0.05) is 6.92 Å². The maximum absolute atomic E-state index is 10.2. The number of carbonyl (C=O) groups is 1. The molecule has 1 saturated heterocycles. The Morgan fingerprint density at radius 2 is 2.13 bits per heavy atom. The second-order valence-corrected chi connectivity index (χ2v) is 4.67. The van der Waals surface area contributed by atoms with Gasteiger partial charge in [-0.3, -0.25) is 0 Å². The fraction of sp³-hybridized carbons (Fsp3) is 0.727. The van der Waals surface area contributed by atoms with Crippen LogP contribution in [0.3, 0.4) is 0 Å². The first kappa shape index (κ1) is 12.0. The maximum atomic E-state index is 10.2. The van der Waals surface area contributed by atoms with E-state index in [0.29, 0.717) is 5.41 Å². The van der Waals surface area contributed by atoms with Gasteiger partial charge in [0.05, 0.1) is 0 Å². The normalized spacial score (nSPS) is 21.7.